The normalized spacial score (nSPS) is 16.4. The fraction of sp³-hybridized carbons (Fsp3) is 0.133. The molecule has 0 atom stereocenters. The molecule has 0 radical (unpaired) electrons. The first-order chi connectivity index (χ1) is 7.93. The van der Waals surface area contributed by atoms with Crippen LogP contribution in [-0.4, -0.2) is 4.98 Å². The molecule has 1 nitrogen and oxygen atoms in total. The smallest absolute Gasteiger partial charge is 0.0632 e. The summed E-state index contributed by atoms with van der Waals surface area (Å²) in [5.74, 6) is 0. The molecule has 0 unspecified atom stereocenters. The first kappa shape index (κ1) is 9.34. The number of aryl methyl sites for hydroxylation is 1. The van der Waals surface area contributed by atoms with E-state index in [-0.39, 0.29) is 0 Å². The van der Waals surface area contributed by atoms with Gasteiger partial charge in [0.15, 0.2) is 0 Å². The Balaban J connectivity index is 2.02. The van der Waals surface area contributed by atoms with Gasteiger partial charge >= 0.3 is 0 Å². The maximum atomic E-state index is 4.34. The molecule has 0 aliphatic heterocycles. The lowest BCUT2D eigenvalue weighted by molar-refractivity contribution is 1.08. The molecule has 1 aromatic heterocycles. The van der Waals surface area contributed by atoms with E-state index >= 15 is 0 Å². The molecule has 0 bridgehead atoms. The van der Waals surface area contributed by atoms with Gasteiger partial charge in [0.1, 0.15) is 0 Å². The Morgan fingerprint density at radius 2 is 1.81 bits per heavy atom. The summed E-state index contributed by atoms with van der Waals surface area (Å²) in [6, 6.07) is 14.7. The molecule has 0 fully saturated rings. The van der Waals surface area contributed by atoms with E-state index in [0.717, 1.165) is 18.5 Å². The highest BCUT2D eigenvalue weighted by Gasteiger charge is 2.14. The minimum Gasteiger partial charge on any atom is -0.257 e. The van der Waals surface area contributed by atoms with Crippen LogP contribution in [0.1, 0.15) is 23.2 Å². The van der Waals surface area contributed by atoms with Gasteiger partial charge in [0.25, 0.3) is 0 Å². The maximum absolute atomic E-state index is 4.34. The van der Waals surface area contributed by atoms with Crippen molar-refractivity contribution in [1.29, 1.82) is 0 Å². The number of hydrogen-bond donors (Lipinski definition) is 0. The molecule has 1 aliphatic rings. The topological polar surface area (TPSA) is 12.9 Å². The van der Waals surface area contributed by atoms with Gasteiger partial charge in [-0.15, -0.1) is 0 Å². The number of pyridine rings is 1. The molecule has 1 heteroatoms. The summed E-state index contributed by atoms with van der Waals surface area (Å²) in [7, 11) is 0. The largest absolute Gasteiger partial charge is 0.257 e. The van der Waals surface area contributed by atoms with Gasteiger partial charge in [-0.1, -0.05) is 30.3 Å². The number of benzene rings is 1. The lowest BCUT2D eigenvalue weighted by atomic mass is 10.1. The number of aromatic nitrogens is 1. The molecule has 2 aromatic rings. The predicted octanol–water partition coefficient (Wildman–Crippen LogP) is 3.57. The quantitative estimate of drug-likeness (QED) is 0.696. The number of fused-ring (bicyclic) bond motifs is 1. The monoisotopic (exact) mass is 207 g/mol. The van der Waals surface area contributed by atoms with Gasteiger partial charge in [0, 0.05) is 6.20 Å². The Labute approximate surface area is 95.5 Å². The van der Waals surface area contributed by atoms with Crippen LogP contribution in [0.2, 0.25) is 0 Å². The summed E-state index contributed by atoms with van der Waals surface area (Å²) < 4.78 is 0. The average Bonchev–Trinajstić information content (AvgIpc) is 2.74. The summed E-state index contributed by atoms with van der Waals surface area (Å²) in [6.45, 7) is 0. The molecular formula is C15H13N. The van der Waals surface area contributed by atoms with Gasteiger partial charge in [-0.2, -0.15) is 0 Å². The van der Waals surface area contributed by atoms with Crippen LogP contribution in [0.5, 0.6) is 0 Å². The van der Waals surface area contributed by atoms with Crippen LogP contribution in [-0.2, 0) is 6.42 Å². The van der Waals surface area contributed by atoms with Crippen molar-refractivity contribution in [3.8, 4) is 0 Å². The number of allylic oxidation sites excluding steroid dienone is 1. The lowest BCUT2D eigenvalue weighted by Crippen LogP contribution is -1.81. The third-order valence-corrected chi connectivity index (χ3v) is 3.04. The third kappa shape index (κ3) is 1.65. The fourth-order valence-electron chi connectivity index (χ4n) is 2.25. The third-order valence-electron chi connectivity index (χ3n) is 3.04. The Morgan fingerprint density at radius 1 is 0.938 bits per heavy atom. The highest BCUT2D eigenvalue weighted by atomic mass is 14.6. The molecule has 0 spiro atoms. The Morgan fingerprint density at radius 3 is 2.69 bits per heavy atom. The standard InChI is InChI=1S/C15H13N/c1-2-7-15-12(5-1)8-9-13(15)11-14-6-3-4-10-16-14/h1-7,10-11H,8-9H2. The predicted molar refractivity (Wildman–Crippen MR) is 66.9 cm³/mol. The van der Waals surface area contributed by atoms with E-state index in [1.165, 1.54) is 16.7 Å². The first-order valence-electron chi connectivity index (χ1n) is 5.63. The Hall–Kier alpha value is -1.89. The minimum absolute atomic E-state index is 1.05. The van der Waals surface area contributed by atoms with Crippen LogP contribution < -0.4 is 0 Å². The summed E-state index contributed by atoms with van der Waals surface area (Å²) >= 11 is 0. The summed E-state index contributed by atoms with van der Waals surface area (Å²) in [4.78, 5) is 4.34. The van der Waals surface area contributed by atoms with E-state index in [9.17, 15) is 0 Å². The van der Waals surface area contributed by atoms with Crippen molar-refractivity contribution in [3.05, 3.63) is 65.5 Å². The zero-order valence-corrected chi connectivity index (χ0v) is 9.06. The number of rotatable bonds is 1. The molecule has 16 heavy (non-hydrogen) atoms. The van der Waals surface area contributed by atoms with Gasteiger partial charge in [0.05, 0.1) is 5.69 Å². The fourth-order valence-corrected chi connectivity index (χ4v) is 2.25. The summed E-state index contributed by atoms with van der Waals surface area (Å²) in [5.41, 5.74) is 5.32. The second kappa shape index (κ2) is 3.93. The van der Waals surface area contributed by atoms with E-state index in [2.05, 4.69) is 35.3 Å². The van der Waals surface area contributed by atoms with Gasteiger partial charge < -0.3 is 0 Å². The lowest BCUT2D eigenvalue weighted by Gasteiger charge is -2.00. The molecule has 0 amide bonds. The van der Waals surface area contributed by atoms with Gasteiger partial charge in [0.2, 0.25) is 0 Å². The maximum Gasteiger partial charge on any atom is 0.0632 e. The molecular weight excluding hydrogens is 194 g/mol. The van der Waals surface area contributed by atoms with E-state index in [1.807, 2.05) is 24.4 Å². The summed E-state index contributed by atoms with van der Waals surface area (Å²) in [6.07, 6.45) is 6.34. The van der Waals surface area contributed by atoms with Crippen LogP contribution in [0.4, 0.5) is 0 Å². The second-order valence-electron chi connectivity index (χ2n) is 4.08. The van der Waals surface area contributed by atoms with Crippen LogP contribution in [0.15, 0.2) is 48.7 Å². The van der Waals surface area contributed by atoms with Crippen molar-refractivity contribution in [2.75, 3.05) is 0 Å². The van der Waals surface area contributed by atoms with Crippen LogP contribution >= 0.6 is 0 Å². The molecule has 1 aliphatic carbocycles. The van der Waals surface area contributed by atoms with Crippen molar-refractivity contribution >= 4 is 11.6 Å². The second-order valence-corrected chi connectivity index (χ2v) is 4.08. The van der Waals surface area contributed by atoms with Crippen LogP contribution in [0.3, 0.4) is 0 Å². The molecule has 1 heterocycles. The average molecular weight is 207 g/mol. The summed E-state index contributed by atoms with van der Waals surface area (Å²) in [5, 5.41) is 0. The molecule has 3 rings (SSSR count). The Kier molecular flexibility index (Phi) is 2.30. The van der Waals surface area contributed by atoms with E-state index in [1.54, 1.807) is 0 Å². The minimum atomic E-state index is 1.05. The van der Waals surface area contributed by atoms with Crippen molar-refractivity contribution in [3.63, 3.8) is 0 Å². The van der Waals surface area contributed by atoms with Crippen LogP contribution in [0.25, 0.3) is 11.6 Å². The van der Waals surface area contributed by atoms with Gasteiger partial charge in [-0.3, -0.25) is 4.98 Å². The number of nitrogens with zero attached hydrogens (tertiary/aromatic N) is 1. The first-order valence-corrected chi connectivity index (χ1v) is 5.63. The highest BCUT2D eigenvalue weighted by Crippen LogP contribution is 2.32. The van der Waals surface area contributed by atoms with Crippen molar-refractivity contribution < 1.29 is 0 Å². The zero-order chi connectivity index (χ0) is 10.8. The van der Waals surface area contributed by atoms with Gasteiger partial charge in [-0.05, 0) is 47.8 Å². The van der Waals surface area contributed by atoms with E-state index in [0.29, 0.717) is 0 Å². The molecule has 78 valence electrons. The number of hydrogen-bond acceptors (Lipinski definition) is 1. The van der Waals surface area contributed by atoms with Crippen molar-refractivity contribution in [2.24, 2.45) is 0 Å². The molecule has 0 saturated heterocycles. The van der Waals surface area contributed by atoms with Crippen LogP contribution in [0, 0.1) is 0 Å². The van der Waals surface area contributed by atoms with E-state index in [4.69, 9.17) is 0 Å². The molecule has 0 N–H and O–H groups in total. The SMILES string of the molecule is C(=C1CCc2ccccc21)c1ccccn1. The highest BCUT2D eigenvalue weighted by molar-refractivity contribution is 5.84. The zero-order valence-electron chi connectivity index (χ0n) is 9.06. The molecule has 0 saturated carbocycles. The van der Waals surface area contributed by atoms with Crippen molar-refractivity contribution in [1.82, 2.24) is 4.98 Å². The van der Waals surface area contributed by atoms with E-state index < -0.39 is 0 Å². The molecule has 1 aromatic carbocycles. The van der Waals surface area contributed by atoms with Gasteiger partial charge in [-0.25, -0.2) is 0 Å². The Bertz CT molecular complexity index is 526. The van der Waals surface area contributed by atoms with Crippen molar-refractivity contribution in [2.45, 2.75) is 12.8 Å².